The monoisotopic (exact) mass is 284 g/mol. The SMILES string of the molecule is COCCCc1nc(I)ns1. The van der Waals surface area contributed by atoms with Crippen LogP contribution in [0.2, 0.25) is 0 Å². The highest BCUT2D eigenvalue weighted by molar-refractivity contribution is 14.1. The summed E-state index contributed by atoms with van der Waals surface area (Å²) in [4.78, 5) is 4.22. The number of aryl methyl sites for hydroxylation is 1. The van der Waals surface area contributed by atoms with Crippen molar-refractivity contribution in [1.29, 1.82) is 0 Å². The van der Waals surface area contributed by atoms with Gasteiger partial charge in [0.05, 0.1) is 0 Å². The molecule has 1 heterocycles. The van der Waals surface area contributed by atoms with Gasteiger partial charge in [-0.2, -0.15) is 4.37 Å². The molecule has 11 heavy (non-hydrogen) atoms. The number of hydrogen-bond donors (Lipinski definition) is 0. The van der Waals surface area contributed by atoms with E-state index in [4.69, 9.17) is 4.74 Å². The standard InChI is InChI=1S/C6H9IN2OS/c1-10-4-2-3-5-8-6(7)9-11-5/h2-4H2,1H3. The normalized spacial score (nSPS) is 10.4. The van der Waals surface area contributed by atoms with Crippen LogP contribution in [0.5, 0.6) is 0 Å². The molecule has 0 unspecified atom stereocenters. The molecule has 0 N–H and O–H groups in total. The third kappa shape index (κ3) is 3.44. The van der Waals surface area contributed by atoms with Crippen LogP contribution in [-0.4, -0.2) is 23.1 Å². The zero-order chi connectivity index (χ0) is 8.10. The van der Waals surface area contributed by atoms with Crippen molar-refractivity contribution >= 4 is 34.1 Å². The predicted molar refractivity (Wildman–Crippen MR) is 52.8 cm³/mol. The lowest BCUT2D eigenvalue weighted by Crippen LogP contribution is -1.91. The van der Waals surface area contributed by atoms with Crippen molar-refractivity contribution in [2.45, 2.75) is 12.8 Å². The second-order valence-corrected chi connectivity index (χ2v) is 3.85. The van der Waals surface area contributed by atoms with E-state index >= 15 is 0 Å². The predicted octanol–water partition coefficient (Wildman–Crippen LogP) is 1.72. The van der Waals surface area contributed by atoms with Crippen LogP contribution >= 0.6 is 34.1 Å². The summed E-state index contributed by atoms with van der Waals surface area (Å²) < 4.78 is 9.84. The summed E-state index contributed by atoms with van der Waals surface area (Å²) in [7, 11) is 1.71. The Morgan fingerprint density at radius 3 is 3.00 bits per heavy atom. The van der Waals surface area contributed by atoms with Gasteiger partial charge in [0.1, 0.15) is 5.01 Å². The van der Waals surface area contributed by atoms with Crippen LogP contribution < -0.4 is 0 Å². The number of methoxy groups -OCH3 is 1. The van der Waals surface area contributed by atoms with Crippen LogP contribution in [0.1, 0.15) is 11.4 Å². The van der Waals surface area contributed by atoms with Crippen molar-refractivity contribution in [2.75, 3.05) is 13.7 Å². The lowest BCUT2D eigenvalue weighted by atomic mass is 10.3. The van der Waals surface area contributed by atoms with E-state index < -0.39 is 0 Å². The van der Waals surface area contributed by atoms with Gasteiger partial charge in [-0.05, 0) is 18.0 Å². The first-order valence-corrected chi connectivity index (χ1v) is 5.15. The number of rotatable bonds is 4. The number of halogens is 1. The van der Waals surface area contributed by atoms with Gasteiger partial charge >= 0.3 is 0 Å². The van der Waals surface area contributed by atoms with Crippen LogP contribution in [-0.2, 0) is 11.2 Å². The van der Waals surface area contributed by atoms with Crippen molar-refractivity contribution in [3.63, 3.8) is 0 Å². The van der Waals surface area contributed by atoms with Crippen LogP contribution in [0.3, 0.4) is 0 Å². The summed E-state index contributed by atoms with van der Waals surface area (Å²) in [5.41, 5.74) is 0. The van der Waals surface area contributed by atoms with E-state index in [9.17, 15) is 0 Å². The second-order valence-electron chi connectivity index (χ2n) is 2.05. The maximum atomic E-state index is 4.92. The molecule has 1 aromatic rings. The first-order valence-electron chi connectivity index (χ1n) is 3.30. The van der Waals surface area contributed by atoms with Crippen molar-refractivity contribution < 1.29 is 4.74 Å². The molecule has 0 saturated heterocycles. The van der Waals surface area contributed by atoms with Gasteiger partial charge in [0.2, 0.25) is 3.83 Å². The van der Waals surface area contributed by atoms with E-state index in [1.165, 1.54) is 11.5 Å². The topological polar surface area (TPSA) is 35.0 Å². The summed E-state index contributed by atoms with van der Waals surface area (Å²) in [6.45, 7) is 0.802. The molecule has 0 atom stereocenters. The minimum absolute atomic E-state index is 0.802. The van der Waals surface area contributed by atoms with E-state index in [0.29, 0.717) is 0 Å². The maximum Gasteiger partial charge on any atom is 0.203 e. The number of ether oxygens (including phenoxy) is 1. The molecule has 0 aliphatic rings. The van der Waals surface area contributed by atoms with Crippen molar-refractivity contribution in [2.24, 2.45) is 0 Å². The van der Waals surface area contributed by atoms with Crippen LogP contribution in [0.4, 0.5) is 0 Å². The van der Waals surface area contributed by atoms with Gasteiger partial charge in [-0.25, -0.2) is 4.98 Å². The zero-order valence-electron chi connectivity index (χ0n) is 6.21. The Labute approximate surface area is 83.5 Å². The van der Waals surface area contributed by atoms with Crippen molar-refractivity contribution in [1.82, 2.24) is 9.36 Å². The molecule has 1 rings (SSSR count). The molecular formula is C6H9IN2OS. The Morgan fingerprint density at radius 2 is 2.45 bits per heavy atom. The highest BCUT2D eigenvalue weighted by atomic mass is 127. The fourth-order valence-electron chi connectivity index (χ4n) is 0.703. The van der Waals surface area contributed by atoms with E-state index in [-0.39, 0.29) is 0 Å². The summed E-state index contributed by atoms with van der Waals surface area (Å²) >= 11 is 3.59. The average Bonchev–Trinajstić information content (AvgIpc) is 2.37. The molecule has 0 amide bonds. The summed E-state index contributed by atoms with van der Waals surface area (Å²) in [5, 5.41) is 1.10. The molecule has 1 aromatic heterocycles. The highest BCUT2D eigenvalue weighted by Crippen LogP contribution is 2.08. The first-order chi connectivity index (χ1) is 5.33. The van der Waals surface area contributed by atoms with Crippen molar-refractivity contribution in [3.8, 4) is 0 Å². The van der Waals surface area contributed by atoms with Gasteiger partial charge in [0.15, 0.2) is 0 Å². The minimum Gasteiger partial charge on any atom is -0.385 e. The Hall–Kier alpha value is 0.250. The smallest absolute Gasteiger partial charge is 0.203 e. The molecular weight excluding hydrogens is 275 g/mol. The summed E-state index contributed by atoms with van der Waals surface area (Å²) in [6, 6.07) is 0. The van der Waals surface area contributed by atoms with Gasteiger partial charge in [0.25, 0.3) is 0 Å². The first kappa shape index (κ1) is 9.34. The van der Waals surface area contributed by atoms with Gasteiger partial charge in [-0.1, -0.05) is 0 Å². The minimum atomic E-state index is 0.802. The van der Waals surface area contributed by atoms with Crippen LogP contribution in [0.15, 0.2) is 0 Å². The molecule has 0 radical (unpaired) electrons. The Balaban J connectivity index is 2.27. The maximum absolute atomic E-state index is 4.92. The zero-order valence-corrected chi connectivity index (χ0v) is 9.18. The van der Waals surface area contributed by atoms with Gasteiger partial charge in [-0.3, -0.25) is 0 Å². The van der Waals surface area contributed by atoms with E-state index in [1.54, 1.807) is 7.11 Å². The fourth-order valence-corrected chi connectivity index (χ4v) is 2.04. The molecule has 0 aromatic carbocycles. The Bertz CT molecular complexity index is 216. The molecule has 0 spiro atoms. The Kier molecular flexibility index (Phi) is 4.24. The van der Waals surface area contributed by atoms with E-state index in [2.05, 4.69) is 31.9 Å². The summed E-state index contributed by atoms with van der Waals surface area (Å²) in [6.07, 6.45) is 2.01. The third-order valence-corrected chi connectivity index (χ3v) is 2.76. The fraction of sp³-hybridized carbons (Fsp3) is 0.667. The molecule has 0 saturated carbocycles. The molecule has 62 valence electrons. The summed E-state index contributed by atoms with van der Waals surface area (Å²) in [5.74, 6) is 0. The molecule has 0 aliphatic carbocycles. The number of aromatic nitrogens is 2. The van der Waals surface area contributed by atoms with Gasteiger partial charge < -0.3 is 4.74 Å². The number of hydrogen-bond acceptors (Lipinski definition) is 4. The average molecular weight is 284 g/mol. The molecule has 0 aliphatic heterocycles. The lowest BCUT2D eigenvalue weighted by molar-refractivity contribution is 0.195. The lowest BCUT2D eigenvalue weighted by Gasteiger charge is -1.93. The number of nitrogens with zero attached hydrogens (tertiary/aromatic N) is 2. The molecule has 3 nitrogen and oxygen atoms in total. The van der Waals surface area contributed by atoms with E-state index in [1.807, 2.05) is 0 Å². The van der Waals surface area contributed by atoms with Crippen LogP contribution in [0.25, 0.3) is 0 Å². The van der Waals surface area contributed by atoms with Gasteiger partial charge in [-0.15, -0.1) is 0 Å². The van der Waals surface area contributed by atoms with Gasteiger partial charge in [0, 0.05) is 42.7 Å². The quantitative estimate of drug-likeness (QED) is 0.624. The second kappa shape index (κ2) is 5.00. The van der Waals surface area contributed by atoms with Crippen molar-refractivity contribution in [3.05, 3.63) is 8.84 Å². The third-order valence-electron chi connectivity index (χ3n) is 1.18. The molecule has 5 heteroatoms. The Morgan fingerprint density at radius 1 is 1.64 bits per heavy atom. The molecule has 0 fully saturated rings. The molecule has 0 bridgehead atoms. The highest BCUT2D eigenvalue weighted by Gasteiger charge is 1.99. The van der Waals surface area contributed by atoms with Crippen LogP contribution in [0, 0.1) is 3.83 Å². The largest absolute Gasteiger partial charge is 0.385 e. The van der Waals surface area contributed by atoms with E-state index in [0.717, 1.165) is 28.3 Å².